The summed E-state index contributed by atoms with van der Waals surface area (Å²) in [6, 6.07) is 7.40. The van der Waals surface area contributed by atoms with E-state index in [0.717, 1.165) is 26.2 Å². The van der Waals surface area contributed by atoms with Gasteiger partial charge in [0, 0.05) is 43.8 Å². The number of hydrogen-bond donors (Lipinski definition) is 1. The largest absolute Gasteiger partial charge is 0.481 e. The summed E-state index contributed by atoms with van der Waals surface area (Å²) >= 11 is 5.92. The summed E-state index contributed by atoms with van der Waals surface area (Å²) in [5.41, 5.74) is 0. The molecule has 1 fully saturated rings. The lowest BCUT2D eigenvalue weighted by molar-refractivity contribution is -0.127. The quantitative estimate of drug-likeness (QED) is 0.859. The SMILES string of the molecule is C[C@H](Oc1cccc(Cl)c1)C(=O)NC[C@@H](C)N1CCN(C)CC1. The Morgan fingerprint density at radius 3 is 2.65 bits per heavy atom. The van der Waals surface area contributed by atoms with Crippen LogP contribution in [0.3, 0.4) is 0 Å². The minimum Gasteiger partial charge on any atom is -0.481 e. The molecule has 1 N–H and O–H groups in total. The van der Waals surface area contributed by atoms with Gasteiger partial charge in [-0.3, -0.25) is 9.69 Å². The summed E-state index contributed by atoms with van der Waals surface area (Å²) in [6.45, 7) is 8.76. The minimum absolute atomic E-state index is 0.106. The lowest BCUT2D eigenvalue weighted by atomic mass is 10.2. The predicted octanol–water partition coefficient (Wildman–Crippen LogP) is 1.86. The van der Waals surface area contributed by atoms with Crippen LogP contribution in [0.25, 0.3) is 0 Å². The highest BCUT2D eigenvalue weighted by Crippen LogP contribution is 2.18. The number of carbonyl (C=O) groups excluding carboxylic acids is 1. The van der Waals surface area contributed by atoms with E-state index in [1.807, 2.05) is 0 Å². The number of piperazine rings is 1. The number of hydrogen-bond acceptors (Lipinski definition) is 4. The molecule has 0 saturated carbocycles. The Kier molecular flexibility index (Phi) is 6.69. The Morgan fingerprint density at radius 2 is 2.00 bits per heavy atom. The summed E-state index contributed by atoms with van der Waals surface area (Å²) < 4.78 is 5.63. The number of amides is 1. The van der Waals surface area contributed by atoms with E-state index >= 15 is 0 Å². The number of likely N-dealkylation sites (N-methyl/N-ethyl adjacent to an activating group) is 1. The van der Waals surface area contributed by atoms with Crippen molar-refractivity contribution in [3.8, 4) is 5.75 Å². The maximum Gasteiger partial charge on any atom is 0.260 e. The second-order valence-corrected chi connectivity index (χ2v) is 6.59. The molecule has 1 amide bonds. The maximum absolute atomic E-state index is 12.2. The highest BCUT2D eigenvalue weighted by atomic mass is 35.5. The molecule has 1 aromatic rings. The van der Waals surface area contributed by atoms with Crippen LogP contribution in [-0.2, 0) is 4.79 Å². The highest BCUT2D eigenvalue weighted by Gasteiger charge is 2.21. The van der Waals surface area contributed by atoms with Gasteiger partial charge >= 0.3 is 0 Å². The fourth-order valence-electron chi connectivity index (χ4n) is 2.58. The van der Waals surface area contributed by atoms with Crippen molar-refractivity contribution in [3.05, 3.63) is 29.3 Å². The number of nitrogens with one attached hydrogen (secondary N) is 1. The zero-order chi connectivity index (χ0) is 16.8. The van der Waals surface area contributed by atoms with Gasteiger partial charge in [-0.25, -0.2) is 0 Å². The molecule has 1 aromatic carbocycles. The molecule has 2 atom stereocenters. The summed E-state index contributed by atoms with van der Waals surface area (Å²) in [7, 11) is 2.14. The summed E-state index contributed by atoms with van der Waals surface area (Å²) in [4.78, 5) is 16.9. The smallest absolute Gasteiger partial charge is 0.260 e. The van der Waals surface area contributed by atoms with Gasteiger partial charge in [0.1, 0.15) is 5.75 Å². The van der Waals surface area contributed by atoms with Crippen molar-refractivity contribution in [2.24, 2.45) is 0 Å². The average molecular weight is 340 g/mol. The molecular weight excluding hydrogens is 314 g/mol. The van der Waals surface area contributed by atoms with E-state index in [9.17, 15) is 4.79 Å². The Hall–Kier alpha value is -1.30. The van der Waals surface area contributed by atoms with E-state index in [1.165, 1.54) is 0 Å². The van der Waals surface area contributed by atoms with Gasteiger partial charge in [0.05, 0.1) is 0 Å². The van der Waals surface area contributed by atoms with E-state index in [1.54, 1.807) is 31.2 Å². The lowest BCUT2D eigenvalue weighted by Gasteiger charge is -2.36. The first-order valence-corrected chi connectivity index (χ1v) is 8.46. The zero-order valence-electron chi connectivity index (χ0n) is 14.1. The minimum atomic E-state index is -0.548. The van der Waals surface area contributed by atoms with Gasteiger partial charge < -0.3 is 15.0 Å². The molecule has 2 rings (SSSR count). The van der Waals surface area contributed by atoms with Crippen LogP contribution in [0.1, 0.15) is 13.8 Å². The normalized spacial score (nSPS) is 19.1. The molecule has 1 heterocycles. The first kappa shape index (κ1) is 18.0. The summed E-state index contributed by atoms with van der Waals surface area (Å²) in [5.74, 6) is 0.498. The van der Waals surface area contributed by atoms with E-state index in [0.29, 0.717) is 23.4 Å². The number of halogens is 1. The second kappa shape index (κ2) is 8.52. The van der Waals surface area contributed by atoms with Crippen LogP contribution in [-0.4, -0.2) is 67.6 Å². The number of ether oxygens (including phenoxy) is 1. The molecule has 0 radical (unpaired) electrons. The van der Waals surface area contributed by atoms with E-state index in [-0.39, 0.29) is 5.91 Å². The van der Waals surface area contributed by atoms with Gasteiger partial charge in [-0.15, -0.1) is 0 Å². The topological polar surface area (TPSA) is 44.8 Å². The molecule has 23 heavy (non-hydrogen) atoms. The van der Waals surface area contributed by atoms with Crippen molar-refractivity contribution < 1.29 is 9.53 Å². The molecule has 1 saturated heterocycles. The molecule has 0 spiro atoms. The Bertz CT molecular complexity index is 518. The molecule has 0 unspecified atom stereocenters. The number of benzene rings is 1. The highest BCUT2D eigenvalue weighted by molar-refractivity contribution is 6.30. The fourth-order valence-corrected chi connectivity index (χ4v) is 2.76. The maximum atomic E-state index is 12.2. The molecule has 128 valence electrons. The van der Waals surface area contributed by atoms with Crippen molar-refractivity contribution in [3.63, 3.8) is 0 Å². The molecule has 0 aromatic heterocycles. The van der Waals surface area contributed by atoms with Gasteiger partial charge in [-0.05, 0) is 39.1 Å². The van der Waals surface area contributed by atoms with Gasteiger partial charge in [0.2, 0.25) is 0 Å². The zero-order valence-corrected chi connectivity index (χ0v) is 14.8. The Balaban J connectivity index is 1.75. The third-order valence-electron chi connectivity index (χ3n) is 4.21. The number of rotatable bonds is 6. The summed E-state index contributed by atoms with van der Waals surface area (Å²) in [6.07, 6.45) is -0.548. The Morgan fingerprint density at radius 1 is 1.30 bits per heavy atom. The molecule has 0 bridgehead atoms. The van der Waals surface area contributed by atoms with Crippen LogP contribution < -0.4 is 10.1 Å². The van der Waals surface area contributed by atoms with Crippen LogP contribution in [0.15, 0.2) is 24.3 Å². The van der Waals surface area contributed by atoms with Crippen molar-refractivity contribution in [2.75, 3.05) is 39.8 Å². The predicted molar refractivity (Wildman–Crippen MR) is 93.1 cm³/mol. The molecule has 1 aliphatic heterocycles. The van der Waals surface area contributed by atoms with Crippen molar-refractivity contribution in [2.45, 2.75) is 26.0 Å². The second-order valence-electron chi connectivity index (χ2n) is 6.15. The van der Waals surface area contributed by atoms with Crippen LogP contribution in [0, 0.1) is 0 Å². The van der Waals surface area contributed by atoms with Gasteiger partial charge in [-0.1, -0.05) is 17.7 Å². The van der Waals surface area contributed by atoms with E-state index in [2.05, 4.69) is 29.1 Å². The number of nitrogens with zero attached hydrogens (tertiary/aromatic N) is 2. The Labute approximate surface area is 143 Å². The molecule has 1 aliphatic rings. The summed E-state index contributed by atoms with van der Waals surface area (Å²) in [5, 5.41) is 3.57. The van der Waals surface area contributed by atoms with Crippen LogP contribution in [0.4, 0.5) is 0 Å². The van der Waals surface area contributed by atoms with Crippen LogP contribution >= 0.6 is 11.6 Å². The van der Waals surface area contributed by atoms with Crippen LogP contribution in [0.5, 0.6) is 5.75 Å². The first-order valence-electron chi connectivity index (χ1n) is 8.08. The number of carbonyl (C=O) groups is 1. The van der Waals surface area contributed by atoms with Crippen molar-refractivity contribution >= 4 is 17.5 Å². The van der Waals surface area contributed by atoms with Gasteiger partial charge in [-0.2, -0.15) is 0 Å². The van der Waals surface area contributed by atoms with E-state index < -0.39 is 6.10 Å². The van der Waals surface area contributed by atoms with Gasteiger partial charge in [0.15, 0.2) is 6.10 Å². The molecule has 5 nitrogen and oxygen atoms in total. The van der Waals surface area contributed by atoms with Gasteiger partial charge in [0.25, 0.3) is 5.91 Å². The molecule has 0 aliphatic carbocycles. The molecule has 6 heteroatoms. The lowest BCUT2D eigenvalue weighted by Crippen LogP contribution is -2.52. The standard InChI is InChI=1S/C17H26ClN3O2/c1-13(21-9-7-20(3)8-10-21)12-19-17(22)14(2)23-16-6-4-5-15(18)11-16/h4-6,11,13-14H,7-10,12H2,1-3H3,(H,19,22)/t13-,14+/m1/s1. The monoisotopic (exact) mass is 339 g/mol. The van der Waals surface area contributed by atoms with Crippen LogP contribution in [0.2, 0.25) is 5.02 Å². The average Bonchev–Trinajstić information content (AvgIpc) is 2.53. The third-order valence-corrected chi connectivity index (χ3v) is 4.45. The fraction of sp³-hybridized carbons (Fsp3) is 0.588. The first-order chi connectivity index (χ1) is 11.0. The molecular formula is C17H26ClN3O2. The van der Waals surface area contributed by atoms with E-state index in [4.69, 9.17) is 16.3 Å². The van der Waals surface area contributed by atoms with Crippen molar-refractivity contribution in [1.29, 1.82) is 0 Å². The van der Waals surface area contributed by atoms with Crippen molar-refractivity contribution in [1.82, 2.24) is 15.1 Å². The third kappa shape index (κ3) is 5.68.